The Hall–Kier alpha value is -2.97. The van der Waals surface area contributed by atoms with Crippen molar-refractivity contribution in [2.45, 2.75) is 18.9 Å². The molecule has 0 aromatic heterocycles. The number of likely N-dealkylation sites (tertiary alicyclic amines) is 1. The minimum atomic E-state index is -0.109. The molecule has 1 amide bonds. The van der Waals surface area contributed by atoms with E-state index in [1.54, 1.807) is 6.07 Å². The number of nitrogens with zero attached hydrogens (tertiary/aromatic N) is 1. The standard InChI is InChI=1S/C24H31N3O5/c1-29-21-18(24(28)27-13-16-9-11-26-19(16)14-27)12-20(22(30-2)23(21)31-3)32-17-6-4-15(5-7-17)8-10-25/h4-7,12,16,19,26H,8-11,13-14,25H2,1-3H3/t16-,19+/m0/s1. The SMILES string of the molecule is COc1c(Oc2ccc(CCN)cc2)cc(C(=O)N2C[C@@H]3CCN[C@@H]3C2)c(OC)c1OC. The van der Waals surface area contributed by atoms with Crippen molar-refractivity contribution in [3.8, 4) is 28.7 Å². The normalized spacial score (nSPS) is 19.6. The van der Waals surface area contributed by atoms with Gasteiger partial charge in [0.15, 0.2) is 11.5 Å². The van der Waals surface area contributed by atoms with Crippen molar-refractivity contribution in [1.82, 2.24) is 10.2 Å². The molecule has 2 aliphatic rings. The molecule has 0 unspecified atom stereocenters. The van der Waals surface area contributed by atoms with Crippen LogP contribution in [0.15, 0.2) is 30.3 Å². The van der Waals surface area contributed by atoms with Gasteiger partial charge in [-0.25, -0.2) is 0 Å². The van der Waals surface area contributed by atoms with Gasteiger partial charge in [0.2, 0.25) is 11.5 Å². The highest BCUT2D eigenvalue weighted by Crippen LogP contribution is 2.48. The summed E-state index contributed by atoms with van der Waals surface area (Å²) in [7, 11) is 4.57. The predicted molar refractivity (Wildman–Crippen MR) is 121 cm³/mol. The maximum absolute atomic E-state index is 13.5. The zero-order valence-electron chi connectivity index (χ0n) is 18.8. The van der Waals surface area contributed by atoms with E-state index in [9.17, 15) is 4.79 Å². The molecule has 2 atom stereocenters. The van der Waals surface area contributed by atoms with Crippen LogP contribution in [0.1, 0.15) is 22.3 Å². The Morgan fingerprint density at radius 3 is 2.41 bits per heavy atom. The summed E-state index contributed by atoms with van der Waals surface area (Å²) in [6.07, 6.45) is 1.89. The molecule has 0 spiro atoms. The van der Waals surface area contributed by atoms with Crippen LogP contribution in [-0.2, 0) is 6.42 Å². The molecule has 3 N–H and O–H groups in total. The lowest BCUT2D eigenvalue weighted by atomic mass is 10.1. The summed E-state index contributed by atoms with van der Waals surface area (Å²) < 4.78 is 22.9. The van der Waals surface area contributed by atoms with Crippen LogP contribution in [0.4, 0.5) is 0 Å². The molecule has 2 aromatic rings. The smallest absolute Gasteiger partial charge is 0.257 e. The maximum Gasteiger partial charge on any atom is 0.257 e. The molecule has 8 heteroatoms. The molecule has 0 bridgehead atoms. The van der Waals surface area contributed by atoms with E-state index in [-0.39, 0.29) is 5.91 Å². The Bertz CT molecular complexity index is 951. The van der Waals surface area contributed by atoms with E-state index in [1.807, 2.05) is 29.2 Å². The van der Waals surface area contributed by atoms with Gasteiger partial charge >= 0.3 is 0 Å². The minimum Gasteiger partial charge on any atom is -0.492 e. The van der Waals surface area contributed by atoms with E-state index < -0.39 is 0 Å². The number of ether oxygens (including phenoxy) is 4. The molecule has 2 heterocycles. The van der Waals surface area contributed by atoms with Gasteiger partial charge in [-0.3, -0.25) is 4.79 Å². The average Bonchev–Trinajstić information content (AvgIpc) is 3.41. The number of carbonyl (C=O) groups excluding carboxylic acids is 1. The summed E-state index contributed by atoms with van der Waals surface area (Å²) in [5, 5.41) is 3.48. The van der Waals surface area contributed by atoms with Gasteiger partial charge in [0.1, 0.15) is 5.75 Å². The lowest BCUT2D eigenvalue weighted by molar-refractivity contribution is 0.0778. The van der Waals surface area contributed by atoms with E-state index in [0.29, 0.717) is 59.4 Å². The van der Waals surface area contributed by atoms with Crippen LogP contribution in [0.2, 0.25) is 0 Å². The molecule has 4 rings (SSSR count). The first-order valence-corrected chi connectivity index (χ1v) is 10.9. The Kier molecular flexibility index (Phi) is 6.72. The van der Waals surface area contributed by atoms with Gasteiger partial charge in [-0.15, -0.1) is 0 Å². The first-order valence-electron chi connectivity index (χ1n) is 10.9. The number of nitrogens with two attached hydrogens (primary N) is 1. The van der Waals surface area contributed by atoms with Crippen molar-refractivity contribution < 1.29 is 23.7 Å². The fourth-order valence-electron chi connectivity index (χ4n) is 4.62. The zero-order valence-corrected chi connectivity index (χ0v) is 18.8. The van der Waals surface area contributed by atoms with E-state index in [2.05, 4.69) is 5.32 Å². The Morgan fingerprint density at radius 2 is 1.78 bits per heavy atom. The molecule has 2 aliphatic heterocycles. The second-order valence-corrected chi connectivity index (χ2v) is 8.13. The Balaban J connectivity index is 1.68. The number of hydrogen-bond acceptors (Lipinski definition) is 7. The van der Waals surface area contributed by atoms with Crippen molar-refractivity contribution in [3.05, 3.63) is 41.5 Å². The summed E-state index contributed by atoms with van der Waals surface area (Å²) in [6, 6.07) is 9.71. The van der Waals surface area contributed by atoms with Gasteiger partial charge in [-0.2, -0.15) is 0 Å². The van der Waals surface area contributed by atoms with E-state index in [4.69, 9.17) is 24.7 Å². The highest BCUT2D eigenvalue weighted by Gasteiger charge is 2.39. The van der Waals surface area contributed by atoms with Crippen molar-refractivity contribution in [2.75, 3.05) is 47.5 Å². The lowest BCUT2D eigenvalue weighted by Crippen LogP contribution is -2.34. The number of benzene rings is 2. The van der Waals surface area contributed by atoms with Crippen LogP contribution in [0.5, 0.6) is 28.7 Å². The van der Waals surface area contributed by atoms with Crippen LogP contribution in [0.3, 0.4) is 0 Å². The molecule has 32 heavy (non-hydrogen) atoms. The largest absolute Gasteiger partial charge is 0.492 e. The van der Waals surface area contributed by atoms with Crippen LogP contribution in [0, 0.1) is 5.92 Å². The van der Waals surface area contributed by atoms with Crippen molar-refractivity contribution >= 4 is 5.91 Å². The number of nitrogens with one attached hydrogen (secondary N) is 1. The lowest BCUT2D eigenvalue weighted by Gasteiger charge is -2.22. The number of fused-ring (bicyclic) bond motifs is 1. The molecular weight excluding hydrogens is 410 g/mol. The van der Waals surface area contributed by atoms with Crippen molar-refractivity contribution in [1.29, 1.82) is 0 Å². The first kappa shape index (κ1) is 22.2. The summed E-state index contributed by atoms with van der Waals surface area (Å²) in [6.45, 7) is 3.01. The highest BCUT2D eigenvalue weighted by molar-refractivity contribution is 5.99. The maximum atomic E-state index is 13.5. The summed E-state index contributed by atoms with van der Waals surface area (Å²) in [5.41, 5.74) is 7.15. The van der Waals surface area contributed by atoms with Gasteiger partial charge in [0.05, 0.1) is 26.9 Å². The number of rotatable bonds is 8. The molecule has 2 fully saturated rings. The number of amides is 1. The summed E-state index contributed by atoms with van der Waals surface area (Å²) >= 11 is 0. The van der Waals surface area contributed by atoms with Crippen molar-refractivity contribution in [3.63, 3.8) is 0 Å². The quantitative estimate of drug-likeness (QED) is 0.650. The average molecular weight is 442 g/mol. The number of hydrogen-bond donors (Lipinski definition) is 2. The van der Waals surface area contributed by atoms with Gasteiger partial charge < -0.3 is 34.9 Å². The third-order valence-corrected chi connectivity index (χ3v) is 6.23. The van der Waals surface area contributed by atoms with Crippen LogP contribution in [-0.4, -0.2) is 64.4 Å². The second kappa shape index (κ2) is 9.67. The second-order valence-electron chi connectivity index (χ2n) is 8.13. The monoisotopic (exact) mass is 441 g/mol. The Morgan fingerprint density at radius 1 is 1.06 bits per heavy atom. The van der Waals surface area contributed by atoms with E-state index in [1.165, 1.54) is 21.3 Å². The van der Waals surface area contributed by atoms with Gasteiger partial charge in [-0.1, -0.05) is 12.1 Å². The first-order chi connectivity index (χ1) is 15.6. The van der Waals surface area contributed by atoms with Crippen LogP contribution < -0.4 is 30.0 Å². The highest BCUT2D eigenvalue weighted by atomic mass is 16.5. The van der Waals surface area contributed by atoms with Crippen molar-refractivity contribution in [2.24, 2.45) is 11.7 Å². The molecule has 0 saturated carbocycles. The van der Waals surface area contributed by atoms with Crippen LogP contribution >= 0.6 is 0 Å². The molecule has 0 radical (unpaired) electrons. The predicted octanol–water partition coefficient (Wildman–Crippen LogP) is 2.44. The molecule has 2 saturated heterocycles. The topological polar surface area (TPSA) is 95.3 Å². The number of carbonyl (C=O) groups is 1. The molecule has 0 aliphatic carbocycles. The van der Waals surface area contributed by atoms with E-state index in [0.717, 1.165) is 31.5 Å². The summed E-state index contributed by atoms with van der Waals surface area (Å²) in [4.78, 5) is 15.4. The summed E-state index contributed by atoms with van der Waals surface area (Å²) in [5.74, 6) is 2.42. The zero-order chi connectivity index (χ0) is 22.7. The van der Waals surface area contributed by atoms with Gasteiger partial charge in [0.25, 0.3) is 5.91 Å². The van der Waals surface area contributed by atoms with Crippen LogP contribution in [0.25, 0.3) is 0 Å². The third-order valence-electron chi connectivity index (χ3n) is 6.23. The molecular formula is C24H31N3O5. The van der Waals surface area contributed by atoms with Gasteiger partial charge in [-0.05, 0) is 49.5 Å². The number of methoxy groups -OCH3 is 3. The van der Waals surface area contributed by atoms with E-state index >= 15 is 0 Å². The molecule has 8 nitrogen and oxygen atoms in total. The molecule has 172 valence electrons. The fourth-order valence-corrected chi connectivity index (χ4v) is 4.62. The molecule has 2 aromatic carbocycles. The fraction of sp³-hybridized carbons (Fsp3) is 0.458. The minimum absolute atomic E-state index is 0.109. The third kappa shape index (κ3) is 4.20. The van der Waals surface area contributed by atoms with Gasteiger partial charge in [0, 0.05) is 25.2 Å². The Labute approximate surface area is 188 Å².